The molecule has 0 aliphatic carbocycles. The van der Waals surface area contributed by atoms with Gasteiger partial charge in [-0.25, -0.2) is 13.3 Å². The van der Waals surface area contributed by atoms with Gasteiger partial charge in [-0.1, -0.05) is 23.7 Å². The smallest absolute Gasteiger partial charge is 0.251 e. The standard InChI is InChI=1S/C22H24ClN3O4S/c1-15-3-4-16(2)19(13-15)26-21(27)14-20(22(26)28)24-9-11-25(12-10-24)31(29,30)18-7-5-17(23)6-8-18/h3-8,13,20H,9-12,14H2,1-2H3/t20-/m1/s1. The Bertz CT molecular complexity index is 1130. The van der Waals surface area contributed by atoms with Gasteiger partial charge in [0.15, 0.2) is 0 Å². The lowest BCUT2D eigenvalue weighted by molar-refractivity contribution is -0.123. The average Bonchev–Trinajstić information content (AvgIpc) is 3.04. The van der Waals surface area contributed by atoms with Crippen molar-refractivity contribution in [1.29, 1.82) is 0 Å². The molecule has 0 radical (unpaired) electrons. The minimum atomic E-state index is -3.63. The quantitative estimate of drug-likeness (QED) is 0.654. The lowest BCUT2D eigenvalue weighted by atomic mass is 10.1. The van der Waals surface area contributed by atoms with Gasteiger partial charge in [-0.05, 0) is 55.3 Å². The van der Waals surface area contributed by atoms with E-state index in [1.54, 1.807) is 12.1 Å². The maximum Gasteiger partial charge on any atom is 0.251 e. The number of hydrogen-bond donors (Lipinski definition) is 0. The van der Waals surface area contributed by atoms with Crippen LogP contribution in [-0.2, 0) is 19.6 Å². The minimum absolute atomic E-state index is 0.107. The number of nitrogens with zero attached hydrogens (tertiary/aromatic N) is 3. The van der Waals surface area contributed by atoms with E-state index in [9.17, 15) is 18.0 Å². The molecule has 4 rings (SSSR count). The van der Waals surface area contributed by atoms with Crippen molar-refractivity contribution in [3.63, 3.8) is 0 Å². The molecule has 0 spiro atoms. The summed E-state index contributed by atoms with van der Waals surface area (Å²) in [4.78, 5) is 29.2. The summed E-state index contributed by atoms with van der Waals surface area (Å²) in [5.41, 5.74) is 2.47. The molecule has 1 atom stereocenters. The summed E-state index contributed by atoms with van der Waals surface area (Å²) in [5, 5.41) is 0.474. The molecular weight excluding hydrogens is 438 g/mol. The first-order valence-corrected chi connectivity index (χ1v) is 11.9. The van der Waals surface area contributed by atoms with Crippen molar-refractivity contribution in [2.24, 2.45) is 0 Å². The lowest BCUT2D eigenvalue weighted by Gasteiger charge is -2.36. The molecule has 2 aromatic rings. The van der Waals surface area contributed by atoms with Gasteiger partial charge in [-0.3, -0.25) is 14.5 Å². The van der Waals surface area contributed by atoms with Crippen molar-refractivity contribution in [3.8, 4) is 0 Å². The lowest BCUT2D eigenvalue weighted by Crippen LogP contribution is -2.53. The van der Waals surface area contributed by atoms with Crippen LogP contribution in [0.1, 0.15) is 17.5 Å². The van der Waals surface area contributed by atoms with Gasteiger partial charge in [-0.2, -0.15) is 4.31 Å². The van der Waals surface area contributed by atoms with Gasteiger partial charge in [0.2, 0.25) is 15.9 Å². The molecule has 9 heteroatoms. The topological polar surface area (TPSA) is 78.0 Å². The maximum absolute atomic E-state index is 13.1. The molecule has 2 fully saturated rings. The third-order valence-corrected chi connectivity index (χ3v) is 8.06. The number of halogens is 1. The molecule has 0 saturated carbocycles. The van der Waals surface area contributed by atoms with Crippen molar-refractivity contribution in [1.82, 2.24) is 9.21 Å². The van der Waals surface area contributed by atoms with Crippen LogP contribution < -0.4 is 4.90 Å². The van der Waals surface area contributed by atoms with Gasteiger partial charge >= 0.3 is 0 Å². The molecule has 31 heavy (non-hydrogen) atoms. The second kappa shape index (κ2) is 8.35. The number of carbonyl (C=O) groups excluding carboxylic acids is 2. The van der Waals surface area contributed by atoms with E-state index in [1.807, 2.05) is 36.9 Å². The van der Waals surface area contributed by atoms with Gasteiger partial charge in [0.25, 0.3) is 5.91 Å². The van der Waals surface area contributed by atoms with Crippen molar-refractivity contribution < 1.29 is 18.0 Å². The van der Waals surface area contributed by atoms with E-state index in [0.29, 0.717) is 23.8 Å². The van der Waals surface area contributed by atoms with Crippen LogP contribution in [0.4, 0.5) is 5.69 Å². The first-order valence-electron chi connectivity index (χ1n) is 10.1. The van der Waals surface area contributed by atoms with E-state index in [1.165, 1.54) is 21.3 Å². The van der Waals surface area contributed by atoms with Crippen LogP contribution in [-0.4, -0.2) is 61.7 Å². The number of aryl methyl sites for hydroxylation is 2. The number of carbonyl (C=O) groups is 2. The zero-order valence-corrected chi connectivity index (χ0v) is 19.0. The number of piperazine rings is 1. The number of imide groups is 1. The molecule has 7 nitrogen and oxygen atoms in total. The highest BCUT2D eigenvalue weighted by atomic mass is 35.5. The number of sulfonamides is 1. The summed E-state index contributed by atoms with van der Waals surface area (Å²) < 4.78 is 27.2. The van der Waals surface area contributed by atoms with Crippen LogP contribution in [0.3, 0.4) is 0 Å². The molecule has 2 amide bonds. The van der Waals surface area contributed by atoms with Gasteiger partial charge in [0.05, 0.1) is 23.0 Å². The van der Waals surface area contributed by atoms with E-state index >= 15 is 0 Å². The van der Waals surface area contributed by atoms with Crippen LogP contribution in [0.25, 0.3) is 0 Å². The molecule has 0 N–H and O–H groups in total. The second-order valence-corrected chi connectivity index (χ2v) is 10.3. The highest BCUT2D eigenvalue weighted by molar-refractivity contribution is 7.89. The minimum Gasteiger partial charge on any atom is -0.289 e. The first kappa shape index (κ1) is 22.0. The van der Waals surface area contributed by atoms with Gasteiger partial charge < -0.3 is 0 Å². The highest BCUT2D eigenvalue weighted by Crippen LogP contribution is 2.30. The highest BCUT2D eigenvalue weighted by Gasteiger charge is 2.44. The molecule has 2 aliphatic heterocycles. The Balaban J connectivity index is 1.47. The monoisotopic (exact) mass is 461 g/mol. The Morgan fingerprint density at radius 1 is 0.935 bits per heavy atom. The molecule has 164 valence electrons. The van der Waals surface area contributed by atoms with Crippen LogP contribution in [0.15, 0.2) is 47.4 Å². The molecule has 0 unspecified atom stereocenters. The fourth-order valence-electron chi connectivity index (χ4n) is 4.13. The average molecular weight is 462 g/mol. The maximum atomic E-state index is 13.1. The molecule has 2 heterocycles. The fraction of sp³-hybridized carbons (Fsp3) is 0.364. The van der Waals surface area contributed by atoms with Crippen LogP contribution >= 0.6 is 11.6 Å². The number of rotatable bonds is 4. The molecule has 2 aromatic carbocycles. The molecule has 2 aliphatic rings. The number of amides is 2. The van der Waals surface area contributed by atoms with E-state index < -0.39 is 16.1 Å². The van der Waals surface area contributed by atoms with E-state index in [4.69, 9.17) is 11.6 Å². The molecule has 0 aromatic heterocycles. The van der Waals surface area contributed by atoms with Crippen molar-refractivity contribution in [2.75, 3.05) is 31.1 Å². The van der Waals surface area contributed by atoms with E-state index in [-0.39, 0.29) is 36.2 Å². The predicted molar refractivity (Wildman–Crippen MR) is 119 cm³/mol. The normalized spacial score (nSPS) is 21.1. The Morgan fingerprint density at radius 2 is 1.58 bits per heavy atom. The number of hydrogen-bond acceptors (Lipinski definition) is 5. The fourth-order valence-corrected chi connectivity index (χ4v) is 5.67. The van der Waals surface area contributed by atoms with Gasteiger partial charge in [0.1, 0.15) is 0 Å². The SMILES string of the molecule is Cc1ccc(C)c(N2C(=O)C[C@@H](N3CCN(S(=O)(=O)c4ccc(Cl)cc4)CC3)C2=O)c1. The molecule has 0 bridgehead atoms. The van der Waals surface area contributed by atoms with E-state index in [0.717, 1.165) is 11.1 Å². The number of anilines is 1. The van der Waals surface area contributed by atoms with Gasteiger partial charge in [0, 0.05) is 31.2 Å². The summed E-state index contributed by atoms with van der Waals surface area (Å²) in [5.74, 6) is -0.465. The van der Waals surface area contributed by atoms with Crippen molar-refractivity contribution in [3.05, 3.63) is 58.6 Å². The van der Waals surface area contributed by atoms with Crippen LogP contribution in [0.2, 0.25) is 5.02 Å². The van der Waals surface area contributed by atoms with Crippen molar-refractivity contribution in [2.45, 2.75) is 31.2 Å². The molecule has 2 saturated heterocycles. The summed E-state index contributed by atoms with van der Waals surface area (Å²) in [7, 11) is -3.63. The Kier molecular flexibility index (Phi) is 5.91. The van der Waals surface area contributed by atoms with E-state index in [2.05, 4.69) is 0 Å². The summed E-state index contributed by atoms with van der Waals surface area (Å²) in [6, 6.07) is 11.2. The summed E-state index contributed by atoms with van der Waals surface area (Å²) >= 11 is 5.86. The zero-order chi connectivity index (χ0) is 22.3. The predicted octanol–water partition coefficient (Wildman–Crippen LogP) is 2.60. The van der Waals surface area contributed by atoms with Crippen LogP contribution in [0.5, 0.6) is 0 Å². The summed E-state index contributed by atoms with van der Waals surface area (Å²) in [6.45, 7) is 5.09. The van der Waals surface area contributed by atoms with Crippen molar-refractivity contribution >= 4 is 39.1 Å². The number of benzene rings is 2. The zero-order valence-electron chi connectivity index (χ0n) is 17.4. The largest absolute Gasteiger partial charge is 0.289 e. The molecular formula is C22H24ClN3O4S. The Labute approximate surface area is 187 Å². The third kappa shape index (κ3) is 4.13. The van der Waals surface area contributed by atoms with Crippen LogP contribution in [0, 0.1) is 13.8 Å². The Morgan fingerprint density at radius 3 is 2.23 bits per heavy atom. The third-order valence-electron chi connectivity index (χ3n) is 5.89. The first-order chi connectivity index (χ1) is 14.7. The second-order valence-electron chi connectivity index (χ2n) is 7.97. The van der Waals surface area contributed by atoms with Gasteiger partial charge in [-0.15, -0.1) is 0 Å². The summed E-state index contributed by atoms with van der Waals surface area (Å²) in [6.07, 6.45) is 0.107. The Hall–Kier alpha value is -2.26.